The van der Waals surface area contributed by atoms with E-state index in [9.17, 15) is 4.79 Å². The number of carbonyl (C=O) groups excluding carboxylic acids is 1. The van der Waals surface area contributed by atoms with Crippen molar-refractivity contribution >= 4 is 6.29 Å². The highest BCUT2D eigenvalue weighted by molar-refractivity contribution is 5.48. The van der Waals surface area contributed by atoms with Crippen LogP contribution in [0.3, 0.4) is 0 Å². The maximum absolute atomic E-state index is 9.17. The zero-order valence-corrected chi connectivity index (χ0v) is 9.45. The van der Waals surface area contributed by atoms with Gasteiger partial charge in [-0.05, 0) is 6.54 Å². The third-order valence-corrected chi connectivity index (χ3v) is 1.45. The van der Waals surface area contributed by atoms with Crippen molar-refractivity contribution in [3.63, 3.8) is 0 Å². The Morgan fingerprint density at radius 2 is 2.00 bits per heavy atom. The van der Waals surface area contributed by atoms with Gasteiger partial charge >= 0.3 is 0 Å². The zero-order valence-electron chi connectivity index (χ0n) is 9.45. The molecule has 0 amide bonds. The molecule has 0 aliphatic heterocycles. The van der Waals surface area contributed by atoms with Gasteiger partial charge < -0.3 is 20.4 Å². The van der Waals surface area contributed by atoms with Crippen molar-refractivity contribution in [3.05, 3.63) is 0 Å². The van der Waals surface area contributed by atoms with Crippen LogP contribution in [-0.2, 0) is 9.53 Å². The van der Waals surface area contributed by atoms with Crippen LogP contribution in [0.2, 0.25) is 0 Å². The van der Waals surface area contributed by atoms with Crippen molar-refractivity contribution in [3.8, 4) is 0 Å². The molecule has 0 rings (SSSR count). The molecule has 0 aromatic heterocycles. The van der Waals surface area contributed by atoms with Gasteiger partial charge in [-0.1, -0.05) is 20.8 Å². The van der Waals surface area contributed by atoms with Gasteiger partial charge in [0.05, 0.1) is 19.8 Å². The average molecular weight is 205 g/mol. The quantitative estimate of drug-likeness (QED) is 0.491. The minimum Gasteiger partial charge on any atom is -0.394 e. The minimum absolute atomic E-state index is 0.0369. The third kappa shape index (κ3) is 14.1. The van der Waals surface area contributed by atoms with E-state index < -0.39 is 0 Å². The summed E-state index contributed by atoms with van der Waals surface area (Å²) in [5.41, 5.74) is 5.48. The second kappa shape index (κ2) is 10.6. The summed E-state index contributed by atoms with van der Waals surface area (Å²) in [5, 5.41) is 8.38. The number of aliphatic hydroxyl groups excluding tert-OH is 1. The Morgan fingerprint density at radius 3 is 2.29 bits per heavy atom. The number of nitrogens with two attached hydrogens (primary N) is 1. The second-order valence-electron chi connectivity index (χ2n) is 3.72. The molecule has 4 heteroatoms. The van der Waals surface area contributed by atoms with E-state index in [2.05, 4.69) is 0 Å². The summed E-state index contributed by atoms with van der Waals surface area (Å²) < 4.78 is 5.11. The molecule has 0 unspecified atom stereocenters. The van der Waals surface area contributed by atoms with Crippen molar-refractivity contribution < 1.29 is 14.6 Å². The average Bonchev–Trinajstić information content (AvgIpc) is 2.19. The number of carbonyl (C=O) groups is 1. The molecule has 0 heterocycles. The number of aldehydes is 1. The summed E-state index contributed by atoms with van der Waals surface area (Å²) in [7, 11) is 0. The number of hydrogen-bond donors (Lipinski definition) is 2. The standard InChI is InChI=1S/C7H17NO2.C3H6O/c1-7(2,5-8)6-10-4-3-9;1-2-3-4/h9H,3-6,8H2,1-2H3;3H,2H2,1H3. The molecule has 0 saturated carbocycles. The molecule has 0 aliphatic rings. The van der Waals surface area contributed by atoms with Gasteiger partial charge in [-0.2, -0.15) is 0 Å². The fourth-order valence-corrected chi connectivity index (χ4v) is 0.472. The van der Waals surface area contributed by atoms with Crippen molar-refractivity contribution in [1.29, 1.82) is 0 Å². The van der Waals surface area contributed by atoms with E-state index in [4.69, 9.17) is 15.6 Å². The highest BCUT2D eigenvalue weighted by Crippen LogP contribution is 2.11. The van der Waals surface area contributed by atoms with Crippen LogP contribution < -0.4 is 5.73 Å². The van der Waals surface area contributed by atoms with Gasteiger partial charge in [-0.25, -0.2) is 0 Å². The highest BCUT2D eigenvalue weighted by Gasteiger charge is 2.14. The Labute approximate surface area is 86.4 Å². The van der Waals surface area contributed by atoms with Gasteiger partial charge in [-0.3, -0.25) is 0 Å². The van der Waals surface area contributed by atoms with Crippen LogP contribution in [0.4, 0.5) is 0 Å². The maximum atomic E-state index is 9.17. The lowest BCUT2D eigenvalue weighted by atomic mass is 9.95. The van der Waals surface area contributed by atoms with Gasteiger partial charge in [0, 0.05) is 11.8 Å². The van der Waals surface area contributed by atoms with Gasteiger partial charge in [0.15, 0.2) is 0 Å². The SMILES string of the molecule is CC(C)(CN)COCCO.CCC=O. The molecule has 0 aromatic rings. The molecule has 86 valence electrons. The lowest BCUT2D eigenvalue weighted by Crippen LogP contribution is -2.29. The van der Waals surface area contributed by atoms with Crippen molar-refractivity contribution in [2.45, 2.75) is 27.2 Å². The van der Waals surface area contributed by atoms with E-state index in [1.807, 2.05) is 20.8 Å². The predicted octanol–water partition coefficient (Wildman–Crippen LogP) is 0.575. The van der Waals surface area contributed by atoms with Crippen LogP contribution in [0.5, 0.6) is 0 Å². The first kappa shape index (κ1) is 16.0. The van der Waals surface area contributed by atoms with Crippen molar-refractivity contribution in [2.24, 2.45) is 11.1 Å². The summed E-state index contributed by atoms with van der Waals surface area (Å²) in [4.78, 5) is 9.17. The lowest BCUT2D eigenvalue weighted by molar-refractivity contribution is -0.107. The van der Waals surface area contributed by atoms with Crippen LogP contribution in [0.1, 0.15) is 27.2 Å². The van der Waals surface area contributed by atoms with E-state index in [1.165, 1.54) is 0 Å². The molecule has 0 fully saturated rings. The van der Waals surface area contributed by atoms with Crippen molar-refractivity contribution in [1.82, 2.24) is 0 Å². The molecular formula is C10H23NO3. The Hall–Kier alpha value is -0.450. The molecule has 0 spiro atoms. The Bertz CT molecular complexity index is 127. The third-order valence-electron chi connectivity index (χ3n) is 1.45. The van der Waals surface area contributed by atoms with Gasteiger partial charge in [0.2, 0.25) is 0 Å². The first-order valence-electron chi connectivity index (χ1n) is 4.86. The highest BCUT2D eigenvalue weighted by atomic mass is 16.5. The molecule has 0 saturated heterocycles. The van der Waals surface area contributed by atoms with Gasteiger partial charge in [-0.15, -0.1) is 0 Å². The molecule has 14 heavy (non-hydrogen) atoms. The van der Waals surface area contributed by atoms with Crippen molar-refractivity contribution in [2.75, 3.05) is 26.4 Å². The van der Waals surface area contributed by atoms with Gasteiger partial charge in [0.1, 0.15) is 6.29 Å². The summed E-state index contributed by atoms with van der Waals surface area (Å²) in [6, 6.07) is 0. The monoisotopic (exact) mass is 205 g/mol. The van der Waals surface area contributed by atoms with Crippen LogP contribution in [0.15, 0.2) is 0 Å². The molecule has 0 atom stereocenters. The lowest BCUT2D eigenvalue weighted by Gasteiger charge is -2.21. The van der Waals surface area contributed by atoms with E-state index in [0.717, 1.165) is 6.29 Å². The first-order valence-corrected chi connectivity index (χ1v) is 4.86. The van der Waals surface area contributed by atoms with Crippen LogP contribution in [0.25, 0.3) is 0 Å². The Morgan fingerprint density at radius 1 is 1.50 bits per heavy atom. The normalized spacial score (nSPS) is 10.4. The predicted molar refractivity (Wildman–Crippen MR) is 57.1 cm³/mol. The van der Waals surface area contributed by atoms with E-state index in [-0.39, 0.29) is 12.0 Å². The molecule has 0 radical (unpaired) electrons. The molecule has 0 aliphatic carbocycles. The largest absolute Gasteiger partial charge is 0.394 e. The number of aliphatic hydroxyl groups is 1. The fourth-order valence-electron chi connectivity index (χ4n) is 0.472. The summed E-state index contributed by atoms with van der Waals surface area (Å²) in [5.74, 6) is 0. The van der Waals surface area contributed by atoms with Gasteiger partial charge in [0.25, 0.3) is 0 Å². The second-order valence-corrected chi connectivity index (χ2v) is 3.72. The Balaban J connectivity index is 0. The topological polar surface area (TPSA) is 72.6 Å². The maximum Gasteiger partial charge on any atom is 0.119 e. The molecular weight excluding hydrogens is 182 g/mol. The van der Waals surface area contributed by atoms with Crippen LogP contribution in [-0.4, -0.2) is 37.8 Å². The summed E-state index contributed by atoms with van der Waals surface area (Å²) in [6.45, 7) is 7.59. The molecule has 3 N–H and O–H groups in total. The van der Waals surface area contributed by atoms with Crippen LogP contribution >= 0.6 is 0 Å². The number of ether oxygens (including phenoxy) is 1. The summed E-state index contributed by atoms with van der Waals surface area (Å²) >= 11 is 0. The molecule has 0 bridgehead atoms. The summed E-state index contributed by atoms with van der Waals surface area (Å²) in [6.07, 6.45) is 1.51. The number of hydrogen-bond acceptors (Lipinski definition) is 4. The van der Waals surface area contributed by atoms with Crippen LogP contribution in [0, 0.1) is 5.41 Å². The molecule has 4 nitrogen and oxygen atoms in total. The molecule has 0 aromatic carbocycles. The Kier molecular flexibility index (Phi) is 12.1. The minimum atomic E-state index is 0.0369. The van der Waals surface area contributed by atoms with E-state index >= 15 is 0 Å². The smallest absolute Gasteiger partial charge is 0.119 e. The van der Waals surface area contributed by atoms with E-state index in [0.29, 0.717) is 26.2 Å². The number of rotatable bonds is 6. The van der Waals surface area contributed by atoms with E-state index in [1.54, 1.807) is 0 Å². The zero-order chi connectivity index (χ0) is 11.4. The fraction of sp³-hybridized carbons (Fsp3) is 0.900. The first-order chi connectivity index (χ1) is 6.54.